The Hall–Kier alpha value is -2.06. The van der Waals surface area contributed by atoms with E-state index in [4.69, 9.17) is 5.73 Å². The Kier molecular flexibility index (Phi) is 3.11. The molecule has 0 spiro atoms. The zero-order valence-electron chi connectivity index (χ0n) is 11.0. The van der Waals surface area contributed by atoms with E-state index in [1.54, 1.807) is 6.20 Å². The average Bonchev–Trinajstić information content (AvgIpc) is 3.05. The summed E-state index contributed by atoms with van der Waals surface area (Å²) in [5, 5.41) is 10.3. The summed E-state index contributed by atoms with van der Waals surface area (Å²) in [6, 6.07) is 1.55. The molecule has 0 aliphatic carbocycles. The average molecular weight is 290 g/mol. The number of hydrogen-bond donors (Lipinski definition) is 3. The third-order valence-electron chi connectivity index (χ3n) is 3.10. The number of aromatic amines is 2. The van der Waals surface area contributed by atoms with Gasteiger partial charge in [0, 0.05) is 0 Å². The lowest BCUT2D eigenvalue weighted by molar-refractivity contribution is 0.491. The Morgan fingerprint density at radius 2 is 2.20 bits per heavy atom. The molecule has 0 saturated heterocycles. The van der Waals surface area contributed by atoms with E-state index < -0.39 is 0 Å². The van der Waals surface area contributed by atoms with Crippen LogP contribution in [-0.2, 0) is 0 Å². The van der Waals surface area contributed by atoms with Gasteiger partial charge in [-0.2, -0.15) is 15.4 Å². The molecule has 3 aromatic rings. The van der Waals surface area contributed by atoms with Gasteiger partial charge in [0.1, 0.15) is 16.2 Å². The highest BCUT2D eigenvalue weighted by atomic mass is 32.1. The van der Waals surface area contributed by atoms with Crippen molar-refractivity contribution in [2.45, 2.75) is 19.9 Å². The largest absolute Gasteiger partial charge is 0.321 e. The molecule has 0 bridgehead atoms. The summed E-state index contributed by atoms with van der Waals surface area (Å²) in [7, 11) is 0. The van der Waals surface area contributed by atoms with E-state index in [0.717, 1.165) is 4.88 Å². The van der Waals surface area contributed by atoms with E-state index in [1.807, 2.05) is 19.9 Å². The molecule has 0 unspecified atom stereocenters. The maximum Gasteiger partial charge on any atom is 0.268 e. The van der Waals surface area contributed by atoms with Gasteiger partial charge in [0.2, 0.25) is 0 Å². The van der Waals surface area contributed by atoms with Crippen molar-refractivity contribution in [2.75, 3.05) is 0 Å². The first-order chi connectivity index (χ1) is 9.56. The highest BCUT2D eigenvalue weighted by Crippen LogP contribution is 2.29. The summed E-state index contributed by atoms with van der Waals surface area (Å²) in [5.74, 6) is 0.714. The van der Waals surface area contributed by atoms with Gasteiger partial charge in [-0.05, 0) is 12.0 Å². The fourth-order valence-electron chi connectivity index (χ4n) is 1.88. The van der Waals surface area contributed by atoms with Crippen LogP contribution in [0.3, 0.4) is 0 Å². The molecule has 3 aromatic heterocycles. The van der Waals surface area contributed by atoms with Gasteiger partial charge in [-0.3, -0.25) is 4.79 Å². The number of nitrogens with one attached hydrogen (secondary N) is 2. The van der Waals surface area contributed by atoms with Gasteiger partial charge >= 0.3 is 0 Å². The number of hydrogen-bond acceptors (Lipinski definition) is 6. The minimum atomic E-state index is -0.289. The molecule has 0 aromatic carbocycles. The predicted molar refractivity (Wildman–Crippen MR) is 77.4 cm³/mol. The van der Waals surface area contributed by atoms with Crippen molar-refractivity contribution < 1.29 is 0 Å². The van der Waals surface area contributed by atoms with Gasteiger partial charge in [0.25, 0.3) is 5.56 Å². The molecule has 8 heteroatoms. The van der Waals surface area contributed by atoms with Crippen LogP contribution in [0.4, 0.5) is 0 Å². The summed E-state index contributed by atoms with van der Waals surface area (Å²) in [6.45, 7) is 3.98. The maximum absolute atomic E-state index is 12.1. The molecule has 0 aliphatic heterocycles. The minimum absolute atomic E-state index is 0.166. The first kappa shape index (κ1) is 12.9. The van der Waals surface area contributed by atoms with Crippen LogP contribution in [0, 0.1) is 5.92 Å². The van der Waals surface area contributed by atoms with Gasteiger partial charge in [-0.1, -0.05) is 13.8 Å². The van der Waals surface area contributed by atoms with Crippen LogP contribution in [0.25, 0.3) is 20.8 Å². The van der Waals surface area contributed by atoms with E-state index in [2.05, 4.69) is 25.4 Å². The van der Waals surface area contributed by atoms with Crippen LogP contribution in [0.15, 0.2) is 17.1 Å². The summed E-state index contributed by atoms with van der Waals surface area (Å²) in [6.07, 6.45) is 1.61. The number of aromatic nitrogens is 5. The third kappa shape index (κ3) is 2.12. The molecule has 3 rings (SSSR count). The fourth-order valence-corrected chi connectivity index (χ4v) is 2.82. The summed E-state index contributed by atoms with van der Waals surface area (Å²) >= 11 is 1.34. The maximum atomic E-state index is 12.1. The third-order valence-corrected chi connectivity index (χ3v) is 4.25. The van der Waals surface area contributed by atoms with Crippen LogP contribution < -0.4 is 11.3 Å². The van der Waals surface area contributed by atoms with E-state index in [9.17, 15) is 4.79 Å². The van der Waals surface area contributed by atoms with Gasteiger partial charge in [-0.25, -0.2) is 4.98 Å². The SMILES string of the molecule is CC(C)[C@H](N)c1nc2cc(-c3cn[nH]n3)sc2c(=O)[nH]1. The Morgan fingerprint density at radius 3 is 2.85 bits per heavy atom. The van der Waals surface area contributed by atoms with Crippen molar-refractivity contribution in [3.05, 3.63) is 28.4 Å². The Morgan fingerprint density at radius 1 is 1.40 bits per heavy atom. The van der Waals surface area contributed by atoms with Gasteiger partial charge in [0.15, 0.2) is 0 Å². The van der Waals surface area contributed by atoms with Crippen LogP contribution in [0.5, 0.6) is 0 Å². The standard InChI is InChI=1S/C12H14N6OS/c1-5(2)9(13)11-15-6-3-8(7-4-14-18-17-7)20-10(6)12(19)16-11/h3-5,9H,13H2,1-2H3,(H,14,17,18)(H,15,16,19)/t9-/m0/s1. The van der Waals surface area contributed by atoms with Gasteiger partial charge in [0.05, 0.1) is 22.6 Å². The smallest absolute Gasteiger partial charge is 0.268 e. The molecule has 0 fully saturated rings. The fraction of sp³-hybridized carbons (Fsp3) is 0.333. The Labute approximate surface area is 118 Å². The van der Waals surface area contributed by atoms with Gasteiger partial charge < -0.3 is 10.7 Å². The van der Waals surface area contributed by atoms with Crippen LogP contribution in [0.1, 0.15) is 25.7 Å². The molecule has 0 aliphatic rings. The van der Waals surface area contributed by atoms with E-state index in [-0.39, 0.29) is 17.5 Å². The molecule has 0 amide bonds. The normalized spacial score (nSPS) is 13.2. The summed E-state index contributed by atoms with van der Waals surface area (Å²) in [5.41, 5.74) is 7.21. The number of thiophene rings is 1. The molecule has 7 nitrogen and oxygen atoms in total. The molecular weight excluding hydrogens is 276 g/mol. The number of fused-ring (bicyclic) bond motifs is 1. The highest BCUT2D eigenvalue weighted by molar-refractivity contribution is 7.22. The second kappa shape index (κ2) is 4.80. The number of nitrogens with zero attached hydrogens (tertiary/aromatic N) is 3. The van der Waals surface area contributed by atoms with Crippen LogP contribution >= 0.6 is 11.3 Å². The van der Waals surface area contributed by atoms with Crippen molar-refractivity contribution in [3.8, 4) is 10.6 Å². The van der Waals surface area contributed by atoms with Gasteiger partial charge in [-0.15, -0.1) is 11.3 Å². The van der Waals surface area contributed by atoms with Crippen molar-refractivity contribution >= 4 is 21.6 Å². The van der Waals surface area contributed by atoms with Crippen molar-refractivity contribution in [1.29, 1.82) is 0 Å². The Bertz CT molecular complexity index is 788. The molecule has 0 radical (unpaired) electrons. The van der Waals surface area contributed by atoms with E-state index >= 15 is 0 Å². The Balaban J connectivity index is 2.15. The summed E-state index contributed by atoms with van der Waals surface area (Å²) in [4.78, 5) is 20.2. The quantitative estimate of drug-likeness (QED) is 0.675. The topological polar surface area (TPSA) is 113 Å². The first-order valence-electron chi connectivity index (χ1n) is 6.21. The molecule has 0 saturated carbocycles. The molecule has 1 atom stereocenters. The lowest BCUT2D eigenvalue weighted by Gasteiger charge is -2.13. The van der Waals surface area contributed by atoms with Crippen molar-refractivity contribution in [2.24, 2.45) is 11.7 Å². The lowest BCUT2D eigenvalue weighted by Crippen LogP contribution is -2.23. The molecule has 104 valence electrons. The number of rotatable bonds is 3. The minimum Gasteiger partial charge on any atom is -0.321 e. The second-order valence-electron chi connectivity index (χ2n) is 4.90. The highest BCUT2D eigenvalue weighted by Gasteiger charge is 2.17. The summed E-state index contributed by atoms with van der Waals surface area (Å²) < 4.78 is 0.572. The van der Waals surface area contributed by atoms with E-state index in [1.165, 1.54) is 11.3 Å². The zero-order chi connectivity index (χ0) is 14.3. The molecule has 20 heavy (non-hydrogen) atoms. The molecule has 3 heterocycles. The molecule has 4 N–H and O–H groups in total. The van der Waals surface area contributed by atoms with Crippen molar-refractivity contribution in [3.63, 3.8) is 0 Å². The number of H-pyrrole nitrogens is 2. The number of nitrogens with two attached hydrogens (primary N) is 1. The zero-order valence-corrected chi connectivity index (χ0v) is 11.9. The lowest BCUT2D eigenvalue weighted by atomic mass is 10.1. The van der Waals surface area contributed by atoms with Crippen molar-refractivity contribution in [1.82, 2.24) is 25.4 Å². The first-order valence-corrected chi connectivity index (χ1v) is 7.03. The molecular formula is C12H14N6OS. The van der Waals surface area contributed by atoms with E-state index in [0.29, 0.717) is 21.7 Å². The predicted octanol–water partition coefficient (Wildman–Crippen LogP) is 1.43. The van der Waals surface area contributed by atoms with Crippen LogP contribution in [-0.4, -0.2) is 25.4 Å². The second-order valence-corrected chi connectivity index (χ2v) is 5.95. The van der Waals surface area contributed by atoms with Crippen LogP contribution in [0.2, 0.25) is 0 Å². The monoisotopic (exact) mass is 290 g/mol.